The first-order valence-electron chi connectivity index (χ1n) is 9.97. The summed E-state index contributed by atoms with van der Waals surface area (Å²) >= 11 is 12.6. The lowest BCUT2D eigenvalue weighted by molar-refractivity contribution is 0.0925. The van der Waals surface area contributed by atoms with Crippen LogP contribution in [-0.4, -0.2) is 32.8 Å². The lowest BCUT2D eigenvalue weighted by Crippen LogP contribution is -2.30. The molecule has 1 aromatic heterocycles. The second-order valence-electron chi connectivity index (χ2n) is 7.50. The largest absolute Gasteiger partial charge is 0.465 e. The Morgan fingerprint density at radius 1 is 1.06 bits per heavy atom. The molecule has 0 fully saturated rings. The zero-order valence-electron chi connectivity index (χ0n) is 17.7. The molecule has 1 aliphatic heterocycles. The Labute approximate surface area is 206 Å². The maximum atomic E-state index is 13.9. The number of carbonyl (C=O) groups is 3. The number of carboxylic acid groups (broad SMARTS) is 1. The van der Waals surface area contributed by atoms with Gasteiger partial charge >= 0.3 is 6.09 Å². The fraction of sp³-hybridized carbons (Fsp3) is 0.0435. The van der Waals surface area contributed by atoms with E-state index in [1.807, 2.05) is 0 Å². The van der Waals surface area contributed by atoms with E-state index in [0.717, 1.165) is 17.0 Å². The maximum absolute atomic E-state index is 13.9. The molecule has 1 aliphatic rings. The molecule has 0 bridgehead atoms. The first kappa shape index (κ1) is 22.6. The van der Waals surface area contributed by atoms with Crippen LogP contribution in [0.5, 0.6) is 11.5 Å². The van der Waals surface area contributed by atoms with E-state index in [1.165, 1.54) is 36.0 Å². The quantitative estimate of drug-likeness (QED) is 0.337. The van der Waals surface area contributed by atoms with Gasteiger partial charge in [0.15, 0.2) is 11.6 Å². The highest BCUT2D eigenvalue weighted by Crippen LogP contribution is 2.47. The zero-order valence-corrected chi connectivity index (χ0v) is 19.2. The van der Waals surface area contributed by atoms with E-state index < -0.39 is 23.7 Å². The SMILES string of the molecule is Cn1nc(N2C(=O)c3ccccc3C2=O)c2c(Oc3cc(F)ccc3Cl)c(NC(=O)O)cc(Cl)c21. The number of rotatable bonds is 4. The second kappa shape index (κ2) is 8.26. The number of fused-ring (bicyclic) bond motifs is 2. The number of hydrogen-bond acceptors (Lipinski definition) is 5. The summed E-state index contributed by atoms with van der Waals surface area (Å²) in [5.41, 5.74) is 0.452. The van der Waals surface area contributed by atoms with Crippen molar-refractivity contribution < 1.29 is 28.6 Å². The smallest absolute Gasteiger partial charge is 0.409 e. The van der Waals surface area contributed by atoms with E-state index in [2.05, 4.69) is 10.4 Å². The fourth-order valence-corrected chi connectivity index (χ4v) is 4.39. The lowest BCUT2D eigenvalue weighted by atomic mass is 10.1. The molecule has 0 unspecified atom stereocenters. The van der Waals surface area contributed by atoms with Crippen LogP contribution < -0.4 is 15.0 Å². The average molecular weight is 515 g/mol. The Morgan fingerprint density at radius 3 is 2.34 bits per heavy atom. The van der Waals surface area contributed by atoms with Crippen molar-refractivity contribution in [3.05, 3.63) is 75.5 Å². The van der Waals surface area contributed by atoms with Gasteiger partial charge in [-0.25, -0.2) is 14.1 Å². The minimum Gasteiger partial charge on any atom is -0.465 e. The van der Waals surface area contributed by atoms with Gasteiger partial charge in [-0.05, 0) is 30.3 Å². The number of amides is 3. The molecule has 0 atom stereocenters. The number of hydrogen-bond donors (Lipinski definition) is 2. The van der Waals surface area contributed by atoms with Crippen molar-refractivity contribution in [3.8, 4) is 11.5 Å². The lowest BCUT2D eigenvalue weighted by Gasteiger charge is -2.17. The van der Waals surface area contributed by atoms with Gasteiger partial charge in [-0.15, -0.1) is 0 Å². The molecule has 0 saturated carbocycles. The minimum atomic E-state index is -1.44. The van der Waals surface area contributed by atoms with Crippen LogP contribution in [0.25, 0.3) is 10.9 Å². The summed E-state index contributed by atoms with van der Waals surface area (Å²) < 4.78 is 21.2. The van der Waals surface area contributed by atoms with Gasteiger partial charge in [0.2, 0.25) is 0 Å². The number of nitrogens with zero attached hydrogens (tertiary/aromatic N) is 3. The minimum absolute atomic E-state index is 0.0296. The first-order chi connectivity index (χ1) is 16.7. The Balaban J connectivity index is 1.80. The highest BCUT2D eigenvalue weighted by atomic mass is 35.5. The average Bonchev–Trinajstić information content (AvgIpc) is 3.27. The van der Waals surface area contributed by atoms with Gasteiger partial charge in [-0.3, -0.25) is 19.6 Å². The molecule has 0 saturated heterocycles. The number of imide groups is 1. The molecule has 2 heterocycles. The molecule has 0 aliphatic carbocycles. The van der Waals surface area contributed by atoms with Crippen LogP contribution >= 0.6 is 23.2 Å². The summed E-state index contributed by atoms with van der Waals surface area (Å²) in [4.78, 5) is 38.7. The Kier molecular flexibility index (Phi) is 5.34. The number of benzene rings is 3. The molecule has 3 aromatic carbocycles. The van der Waals surface area contributed by atoms with Crippen LogP contribution in [0.1, 0.15) is 20.7 Å². The Hall–Kier alpha value is -4.15. The number of halogens is 3. The standard InChI is InChI=1S/C23H13Cl2FN4O5/c1-29-18-14(25)9-15(27-23(33)34)19(35-16-8-10(26)6-7-13(16)24)17(18)20(28-29)30-21(31)11-4-2-3-5-12(11)22(30)32/h2-9,27H,1H3,(H,33,34). The van der Waals surface area contributed by atoms with Gasteiger partial charge in [0.1, 0.15) is 11.6 Å². The van der Waals surface area contributed by atoms with Crippen molar-refractivity contribution >= 4 is 63.5 Å². The summed E-state index contributed by atoms with van der Waals surface area (Å²) in [7, 11) is 1.53. The molecule has 35 heavy (non-hydrogen) atoms. The molecule has 3 amide bonds. The first-order valence-corrected chi connectivity index (χ1v) is 10.7. The topological polar surface area (TPSA) is 114 Å². The maximum Gasteiger partial charge on any atom is 0.409 e. The summed E-state index contributed by atoms with van der Waals surface area (Å²) in [6.45, 7) is 0. The highest BCUT2D eigenvalue weighted by molar-refractivity contribution is 6.39. The Morgan fingerprint density at radius 2 is 1.71 bits per heavy atom. The molecule has 2 N–H and O–H groups in total. The number of ether oxygens (including phenoxy) is 1. The van der Waals surface area contributed by atoms with Crippen molar-refractivity contribution in [3.63, 3.8) is 0 Å². The molecule has 5 rings (SSSR count). The molecule has 0 radical (unpaired) electrons. The highest BCUT2D eigenvalue weighted by Gasteiger charge is 2.40. The predicted octanol–water partition coefficient (Wildman–Crippen LogP) is 5.70. The summed E-state index contributed by atoms with van der Waals surface area (Å²) in [5, 5.41) is 16.0. The summed E-state index contributed by atoms with van der Waals surface area (Å²) in [5.74, 6) is -2.39. The normalized spacial score (nSPS) is 12.9. The molecule has 9 nitrogen and oxygen atoms in total. The van der Waals surface area contributed by atoms with Gasteiger partial charge in [0.25, 0.3) is 11.8 Å². The Bertz CT molecular complexity index is 1550. The second-order valence-corrected chi connectivity index (χ2v) is 8.32. The van der Waals surface area contributed by atoms with Crippen molar-refractivity contribution in [2.24, 2.45) is 7.05 Å². The molecular formula is C23H13Cl2FN4O5. The summed E-state index contributed by atoms with van der Waals surface area (Å²) in [6.07, 6.45) is -1.44. The number of nitrogens with one attached hydrogen (secondary N) is 1. The monoisotopic (exact) mass is 514 g/mol. The van der Waals surface area contributed by atoms with Crippen LogP contribution in [0, 0.1) is 5.82 Å². The zero-order chi connectivity index (χ0) is 25.0. The van der Waals surface area contributed by atoms with E-state index in [1.54, 1.807) is 12.1 Å². The van der Waals surface area contributed by atoms with Crippen molar-refractivity contribution in [1.82, 2.24) is 9.78 Å². The van der Waals surface area contributed by atoms with E-state index in [4.69, 9.17) is 27.9 Å². The van der Waals surface area contributed by atoms with Crippen LogP contribution in [0.15, 0.2) is 48.5 Å². The molecular weight excluding hydrogens is 502 g/mol. The van der Waals surface area contributed by atoms with E-state index >= 15 is 0 Å². The van der Waals surface area contributed by atoms with Crippen molar-refractivity contribution in [1.29, 1.82) is 0 Å². The van der Waals surface area contributed by atoms with Crippen molar-refractivity contribution in [2.45, 2.75) is 0 Å². The number of aromatic nitrogens is 2. The third-order valence-corrected chi connectivity index (χ3v) is 5.95. The van der Waals surface area contributed by atoms with E-state index in [-0.39, 0.29) is 55.1 Å². The van der Waals surface area contributed by atoms with Crippen molar-refractivity contribution in [2.75, 3.05) is 10.2 Å². The van der Waals surface area contributed by atoms with E-state index in [0.29, 0.717) is 0 Å². The molecule has 0 spiro atoms. The van der Waals surface area contributed by atoms with Crippen LogP contribution in [0.2, 0.25) is 10.0 Å². The number of anilines is 2. The van der Waals surface area contributed by atoms with Crippen LogP contribution in [0.3, 0.4) is 0 Å². The molecule has 12 heteroatoms. The van der Waals surface area contributed by atoms with Gasteiger partial charge in [0.05, 0.1) is 37.8 Å². The number of aryl methyl sites for hydroxylation is 1. The van der Waals surface area contributed by atoms with Gasteiger partial charge in [-0.1, -0.05) is 35.3 Å². The molecule has 4 aromatic rings. The van der Waals surface area contributed by atoms with Gasteiger partial charge in [0, 0.05) is 13.1 Å². The van der Waals surface area contributed by atoms with E-state index in [9.17, 15) is 23.9 Å². The number of carbonyl (C=O) groups excluding carboxylic acids is 2. The van der Waals surface area contributed by atoms with Crippen LogP contribution in [0.4, 0.5) is 20.7 Å². The molecule has 176 valence electrons. The van der Waals surface area contributed by atoms with Crippen LogP contribution in [-0.2, 0) is 7.05 Å². The summed E-state index contributed by atoms with van der Waals surface area (Å²) in [6, 6.07) is 10.9. The predicted molar refractivity (Wildman–Crippen MR) is 126 cm³/mol. The van der Waals surface area contributed by atoms with Gasteiger partial charge in [-0.2, -0.15) is 5.10 Å². The fourth-order valence-electron chi connectivity index (χ4n) is 3.91. The third kappa shape index (κ3) is 3.63. The van der Waals surface area contributed by atoms with Gasteiger partial charge < -0.3 is 9.84 Å². The third-order valence-electron chi connectivity index (χ3n) is 5.35.